The molecule has 5 fully saturated rings. The van der Waals surface area contributed by atoms with Gasteiger partial charge >= 0.3 is 0 Å². The summed E-state index contributed by atoms with van der Waals surface area (Å²) in [6, 6.07) is 0.744. The Kier molecular flexibility index (Phi) is 6.57. The number of amidine groups is 1. The van der Waals surface area contributed by atoms with Crippen LogP contribution in [0.25, 0.3) is 0 Å². The zero-order chi connectivity index (χ0) is 21.4. The van der Waals surface area contributed by atoms with Crippen LogP contribution in [-0.2, 0) is 4.79 Å². The lowest BCUT2D eigenvalue weighted by atomic mass is 9.65. The first kappa shape index (κ1) is 21.7. The Hall–Kier alpha value is -1.14. The average Bonchev–Trinajstić information content (AvgIpc) is 3.41. The van der Waals surface area contributed by atoms with E-state index in [0.29, 0.717) is 23.8 Å². The van der Waals surface area contributed by atoms with Crippen LogP contribution in [0, 0.1) is 35.0 Å². The molecule has 3 aliphatic carbocycles. The van der Waals surface area contributed by atoms with Gasteiger partial charge in [0.25, 0.3) is 0 Å². The van der Waals surface area contributed by atoms with Gasteiger partial charge in [0.2, 0.25) is 5.91 Å². The van der Waals surface area contributed by atoms with Gasteiger partial charge in [0, 0.05) is 31.1 Å². The highest BCUT2D eigenvalue weighted by atomic mass is 16.2. The Morgan fingerprint density at radius 1 is 1.00 bits per heavy atom. The van der Waals surface area contributed by atoms with Crippen LogP contribution in [0.5, 0.6) is 0 Å². The minimum absolute atomic E-state index is 0.0188. The number of hydrogen-bond acceptors (Lipinski definition) is 4. The molecule has 0 aromatic rings. The molecule has 1 amide bonds. The van der Waals surface area contributed by atoms with E-state index < -0.39 is 0 Å². The Morgan fingerprint density at radius 2 is 1.84 bits per heavy atom. The van der Waals surface area contributed by atoms with E-state index in [1.165, 1.54) is 44.9 Å². The quantitative estimate of drug-likeness (QED) is 0.399. The first-order valence-corrected chi connectivity index (χ1v) is 13.2. The molecule has 5 aliphatic rings. The summed E-state index contributed by atoms with van der Waals surface area (Å²) in [6.07, 6.45) is 15.0. The van der Waals surface area contributed by atoms with Crippen molar-refractivity contribution >= 4 is 11.7 Å². The summed E-state index contributed by atoms with van der Waals surface area (Å²) in [6.45, 7) is 3.01. The van der Waals surface area contributed by atoms with E-state index in [-0.39, 0.29) is 17.9 Å². The summed E-state index contributed by atoms with van der Waals surface area (Å²) in [5.41, 5.74) is 5.95. The second kappa shape index (κ2) is 9.38. The average molecular weight is 430 g/mol. The number of rotatable bonds is 5. The maximum absolute atomic E-state index is 13.4. The van der Waals surface area contributed by atoms with Crippen LogP contribution in [0.15, 0.2) is 0 Å². The molecule has 0 aromatic carbocycles. The molecule has 0 radical (unpaired) electrons. The monoisotopic (exact) mass is 429 g/mol. The van der Waals surface area contributed by atoms with Crippen molar-refractivity contribution in [3.05, 3.63) is 0 Å². The summed E-state index contributed by atoms with van der Waals surface area (Å²) in [4.78, 5) is 16.1. The third-order valence-electron chi connectivity index (χ3n) is 9.63. The molecule has 0 spiro atoms. The SMILES string of the molecule is N=C(N)C1CCC2CC(C(=O)N[C@@H]3CCNC3)N(CC3CCCC4CCCCC43)C2C1. The van der Waals surface area contributed by atoms with E-state index >= 15 is 0 Å². The molecule has 31 heavy (non-hydrogen) atoms. The van der Waals surface area contributed by atoms with Gasteiger partial charge in [0.1, 0.15) is 0 Å². The van der Waals surface area contributed by atoms with Crippen molar-refractivity contribution in [3.8, 4) is 0 Å². The lowest BCUT2D eigenvalue weighted by Gasteiger charge is -2.45. The number of fused-ring (bicyclic) bond motifs is 2. The molecule has 2 heterocycles. The van der Waals surface area contributed by atoms with Crippen LogP contribution in [0.3, 0.4) is 0 Å². The van der Waals surface area contributed by atoms with E-state index in [0.717, 1.165) is 69.5 Å². The third-order valence-corrected chi connectivity index (χ3v) is 9.63. The van der Waals surface area contributed by atoms with Crippen molar-refractivity contribution in [3.63, 3.8) is 0 Å². The number of carbonyl (C=O) groups excluding carboxylic acids is 1. The summed E-state index contributed by atoms with van der Waals surface area (Å²) in [5, 5.41) is 14.8. The lowest BCUT2D eigenvalue weighted by Crippen LogP contribution is -2.52. The normalized spacial score (nSPS) is 43.2. The summed E-state index contributed by atoms with van der Waals surface area (Å²) in [7, 11) is 0. The van der Waals surface area contributed by atoms with Gasteiger partial charge in [0.15, 0.2) is 0 Å². The molecule has 6 heteroatoms. The van der Waals surface area contributed by atoms with Gasteiger partial charge in [-0.3, -0.25) is 15.1 Å². The second-order valence-electron chi connectivity index (χ2n) is 11.3. The fraction of sp³-hybridized carbons (Fsp3) is 0.920. The van der Waals surface area contributed by atoms with Gasteiger partial charge in [-0.25, -0.2) is 0 Å². The van der Waals surface area contributed by atoms with E-state index in [2.05, 4.69) is 15.5 Å². The van der Waals surface area contributed by atoms with E-state index in [4.69, 9.17) is 11.1 Å². The Labute approximate surface area is 188 Å². The van der Waals surface area contributed by atoms with Gasteiger partial charge in [-0.1, -0.05) is 32.1 Å². The molecule has 6 nitrogen and oxygen atoms in total. The number of nitrogens with zero attached hydrogens (tertiary/aromatic N) is 1. The molecule has 0 aromatic heterocycles. The van der Waals surface area contributed by atoms with E-state index in [1.807, 2.05) is 0 Å². The molecule has 7 unspecified atom stereocenters. The molecule has 2 aliphatic heterocycles. The van der Waals surface area contributed by atoms with Crippen molar-refractivity contribution in [2.45, 2.75) is 95.2 Å². The number of amides is 1. The maximum Gasteiger partial charge on any atom is 0.237 e. The fourth-order valence-corrected chi connectivity index (χ4v) is 7.99. The first-order chi connectivity index (χ1) is 15.1. The molecule has 174 valence electrons. The third kappa shape index (κ3) is 4.52. The number of carbonyl (C=O) groups is 1. The fourth-order valence-electron chi connectivity index (χ4n) is 7.99. The number of nitrogens with two attached hydrogens (primary N) is 1. The van der Waals surface area contributed by atoms with Crippen molar-refractivity contribution in [2.24, 2.45) is 35.3 Å². The van der Waals surface area contributed by atoms with Gasteiger partial charge in [-0.05, 0) is 75.2 Å². The second-order valence-corrected chi connectivity index (χ2v) is 11.3. The minimum atomic E-state index is 0.0188. The molecule has 0 bridgehead atoms. The Morgan fingerprint density at radius 3 is 2.65 bits per heavy atom. The van der Waals surface area contributed by atoms with Crippen molar-refractivity contribution in [2.75, 3.05) is 19.6 Å². The Bertz CT molecular complexity index is 660. The van der Waals surface area contributed by atoms with Crippen LogP contribution in [0.1, 0.15) is 77.0 Å². The summed E-state index contributed by atoms with van der Waals surface area (Å²) >= 11 is 0. The number of nitrogens with one attached hydrogen (secondary N) is 3. The maximum atomic E-state index is 13.4. The number of hydrogen-bond donors (Lipinski definition) is 4. The molecule has 2 saturated heterocycles. The van der Waals surface area contributed by atoms with Gasteiger partial charge in [0.05, 0.1) is 11.9 Å². The molecular weight excluding hydrogens is 386 g/mol. The van der Waals surface area contributed by atoms with E-state index in [9.17, 15) is 4.79 Å². The molecule has 5 rings (SSSR count). The molecule has 8 atom stereocenters. The highest BCUT2D eigenvalue weighted by Gasteiger charge is 2.49. The molecule has 3 saturated carbocycles. The van der Waals surface area contributed by atoms with Crippen LogP contribution >= 0.6 is 0 Å². The van der Waals surface area contributed by atoms with Crippen molar-refractivity contribution < 1.29 is 4.79 Å². The highest BCUT2D eigenvalue weighted by Crippen LogP contribution is 2.47. The highest BCUT2D eigenvalue weighted by molar-refractivity contribution is 5.83. The lowest BCUT2D eigenvalue weighted by molar-refractivity contribution is -0.127. The Balaban J connectivity index is 1.33. The van der Waals surface area contributed by atoms with Gasteiger partial charge in [-0.15, -0.1) is 0 Å². The van der Waals surface area contributed by atoms with Crippen molar-refractivity contribution in [1.29, 1.82) is 5.41 Å². The summed E-state index contributed by atoms with van der Waals surface area (Å²) < 4.78 is 0. The van der Waals surface area contributed by atoms with E-state index in [1.54, 1.807) is 0 Å². The predicted octanol–water partition coefficient (Wildman–Crippen LogP) is 2.87. The van der Waals surface area contributed by atoms with Crippen LogP contribution in [0.2, 0.25) is 0 Å². The van der Waals surface area contributed by atoms with Crippen molar-refractivity contribution in [1.82, 2.24) is 15.5 Å². The zero-order valence-electron chi connectivity index (χ0n) is 19.2. The number of likely N-dealkylation sites (tertiary alicyclic amines) is 1. The summed E-state index contributed by atoms with van der Waals surface area (Å²) in [5.74, 6) is 3.97. The largest absolute Gasteiger partial charge is 0.387 e. The molecule has 5 N–H and O–H groups in total. The topological polar surface area (TPSA) is 94.2 Å². The van der Waals surface area contributed by atoms with Gasteiger partial charge in [-0.2, -0.15) is 0 Å². The smallest absolute Gasteiger partial charge is 0.237 e. The zero-order valence-corrected chi connectivity index (χ0v) is 19.2. The van der Waals surface area contributed by atoms with Crippen LogP contribution < -0.4 is 16.4 Å². The predicted molar refractivity (Wildman–Crippen MR) is 124 cm³/mol. The molecular formula is C25H43N5O. The standard InChI is InChI=1S/C25H43N5O/c26-24(27)18-9-8-17-12-23(25(31)29-20-10-11-28-14-20)30(22(17)13-18)15-19-6-3-5-16-4-1-2-7-21(16)19/h16-23,28H,1-15H2,(H3,26,27)(H,29,31)/t16?,17?,18?,19?,20-,21?,22?,23?/m1/s1. The van der Waals surface area contributed by atoms with Gasteiger partial charge < -0.3 is 16.4 Å². The van der Waals surface area contributed by atoms with Crippen LogP contribution in [0.4, 0.5) is 0 Å². The van der Waals surface area contributed by atoms with Crippen LogP contribution in [-0.4, -0.2) is 54.4 Å². The minimum Gasteiger partial charge on any atom is -0.387 e. The first-order valence-electron chi connectivity index (χ1n) is 13.2.